The third kappa shape index (κ3) is 3.09. The maximum absolute atomic E-state index is 13.3. The zero-order valence-electron chi connectivity index (χ0n) is 15.3. The molecule has 1 aliphatic heterocycles. The van der Waals surface area contributed by atoms with Gasteiger partial charge in [-0.1, -0.05) is 24.3 Å². The van der Waals surface area contributed by atoms with Gasteiger partial charge in [0.25, 0.3) is 0 Å². The van der Waals surface area contributed by atoms with Gasteiger partial charge in [0.15, 0.2) is 0 Å². The van der Waals surface area contributed by atoms with Gasteiger partial charge in [-0.3, -0.25) is 0 Å². The molecular weight excluding hydrogens is 363 g/mol. The first-order valence-electron chi connectivity index (χ1n) is 8.88. The summed E-state index contributed by atoms with van der Waals surface area (Å²) in [4.78, 5) is 0.172. The average Bonchev–Trinajstić information content (AvgIpc) is 2.99. The summed E-state index contributed by atoms with van der Waals surface area (Å²) in [6.07, 6.45) is 4.74. The monoisotopic (exact) mass is 384 g/mol. The van der Waals surface area contributed by atoms with Gasteiger partial charge in [0.1, 0.15) is 5.82 Å². The van der Waals surface area contributed by atoms with Crippen LogP contribution in [0.5, 0.6) is 0 Å². The highest BCUT2D eigenvalue weighted by molar-refractivity contribution is 7.89. The number of nitrogens with zero attached hydrogens (tertiary/aromatic N) is 2. The van der Waals surface area contributed by atoms with Crippen LogP contribution in [0.15, 0.2) is 59.6 Å². The van der Waals surface area contributed by atoms with Crippen LogP contribution in [-0.4, -0.2) is 30.4 Å². The molecule has 0 amide bonds. The highest BCUT2D eigenvalue weighted by Crippen LogP contribution is 2.32. The molecule has 6 heteroatoms. The largest absolute Gasteiger partial charge is 0.350 e. The molecule has 2 heterocycles. The lowest BCUT2D eigenvalue weighted by atomic mass is 10.00. The van der Waals surface area contributed by atoms with E-state index < -0.39 is 15.8 Å². The Morgan fingerprint density at radius 2 is 1.89 bits per heavy atom. The number of aryl methyl sites for hydroxylation is 2. The summed E-state index contributed by atoms with van der Waals surface area (Å²) >= 11 is 0. The normalized spacial score (nSPS) is 15.9. The summed E-state index contributed by atoms with van der Waals surface area (Å²) in [5.41, 5.74) is 3.90. The molecule has 3 aromatic rings. The van der Waals surface area contributed by atoms with Crippen LogP contribution in [0.3, 0.4) is 0 Å². The number of hydrogen-bond acceptors (Lipinski definition) is 2. The molecule has 0 N–H and O–H groups in total. The number of fused-ring (bicyclic) bond motifs is 1. The van der Waals surface area contributed by atoms with E-state index in [-0.39, 0.29) is 4.90 Å². The second kappa shape index (κ2) is 6.62. The van der Waals surface area contributed by atoms with Gasteiger partial charge < -0.3 is 4.57 Å². The number of halogens is 1. The molecule has 0 fully saturated rings. The van der Waals surface area contributed by atoms with Gasteiger partial charge in [-0.2, -0.15) is 4.31 Å². The molecule has 140 valence electrons. The van der Waals surface area contributed by atoms with E-state index in [9.17, 15) is 12.8 Å². The quantitative estimate of drug-likeness (QED) is 0.682. The second-order valence-corrected chi connectivity index (χ2v) is 8.83. The van der Waals surface area contributed by atoms with E-state index in [0.29, 0.717) is 25.1 Å². The van der Waals surface area contributed by atoms with Crippen LogP contribution in [0, 0.1) is 12.7 Å². The number of hydrogen-bond donors (Lipinski definition) is 0. The lowest BCUT2D eigenvalue weighted by molar-refractivity contribution is 0.440. The molecule has 0 spiro atoms. The third-order valence-electron chi connectivity index (χ3n) is 5.17. The number of benzene rings is 2. The minimum Gasteiger partial charge on any atom is -0.350 e. The number of rotatable bonds is 3. The standard InChI is InChI=1S/C21H21FN2O2S/c1-15-13-17(22)7-8-21(15)27(25,26)24-11-9-16(10-12-24)19-14-23(2)20-6-4-3-5-18(19)20/h3-9,13-14H,10-12H2,1-2H3. The number of para-hydroxylation sites is 1. The molecule has 0 unspecified atom stereocenters. The smallest absolute Gasteiger partial charge is 0.243 e. The summed E-state index contributed by atoms with van der Waals surface area (Å²) in [5.74, 6) is -0.428. The Labute approximate surface area is 158 Å². The first kappa shape index (κ1) is 17.9. The van der Waals surface area contributed by atoms with Crippen molar-refractivity contribution in [1.82, 2.24) is 8.87 Å². The van der Waals surface area contributed by atoms with Crippen LogP contribution in [0.25, 0.3) is 16.5 Å². The Morgan fingerprint density at radius 1 is 1.11 bits per heavy atom. The number of sulfonamides is 1. The van der Waals surface area contributed by atoms with E-state index in [1.54, 1.807) is 6.92 Å². The van der Waals surface area contributed by atoms with Gasteiger partial charge in [-0.05, 0) is 48.7 Å². The predicted octanol–water partition coefficient (Wildman–Crippen LogP) is 4.10. The minimum atomic E-state index is -3.64. The van der Waals surface area contributed by atoms with Gasteiger partial charge in [0.05, 0.1) is 4.90 Å². The van der Waals surface area contributed by atoms with Crippen LogP contribution < -0.4 is 0 Å². The first-order chi connectivity index (χ1) is 12.9. The van der Waals surface area contributed by atoms with Crippen molar-refractivity contribution in [2.24, 2.45) is 7.05 Å². The maximum atomic E-state index is 13.3. The van der Waals surface area contributed by atoms with Gasteiger partial charge >= 0.3 is 0 Å². The fourth-order valence-corrected chi connectivity index (χ4v) is 5.34. The van der Waals surface area contributed by atoms with Crippen molar-refractivity contribution in [3.05, 3.63) is 71.7 Å². The minimum absolute atomic E-state index is 0.172. The van der Waals surface area contributed by atoms with Crippen molar-refractivity contribution in [2.45, 2.75) is 18.2 Å². The summed E-state index contributed by atoms with van der Waals surface area (Å²) in [7, 11) is -1.62. The number of aromatic nitrogens is 1. The topological polar surface area (TPSA) is 42.3 Å². The Morgan fingerprint density at radius 3 is 2.59 bits per heavy atom. The molecule has 0 atom stereocenters. The van der Waals surface area contributed by atoms with E-state index in [2.05, 4.69) is 22.9 Å². The SMILES string of the molecule is Cc1cc(F)ccc1S(=O)(=O)N1CC=C(c2cn(C)c3ccccc23)CC1. The van der Waals surface area contributed by atoms with Crippen LogP contribution in [0.4, 0.5) is 4.39 Å². The molecular formula is C21H21FN2O2S. The Hall–Kier alpha value is -2.44. The van der Waals surface area contributed by atoms with E-state index in [4.69, 9.17) is 0 Å². The average molecular weight is 384 g/mol. The van der Waals surface area contributed by atoms with E-state index >= 15 is 0 Å². The van der Waals surface area contributed by atoms with Gasteiger partial charge in [0.2, 0.25) is 10.0 Å². The van der Waals surface area contributed by atoms with Gasteiger partial charge in [-0.15, -0.1) is 0 Å². The van der Waals surface area contributed by atoms with E-state index in [1.165, 1.54) is 27.9 Å². The molecule has 1 aliphatic rings. The molecule has 4 rings (SSSR count). The molecule has 0 aliphatic carbocycles. The van der Waals surface area contributed by atoms with Crippen molar-refractivity contribution in [3.63, 3.8) is 0 Å². The first-order valence-corrected chi connectivity index (χ1v) is 10.3. The zero-order chi connectivity index (χ0) is 19.2. The Balaban J connectivity index is 1.65. The summed E-state index contributed by atoms with van der Waals surface area (Å²) in [5, 5.41) is 1.18. The molecule has 0 saturated heterocycles. The zero-order valence-corrected chi connectivity index (χ0v) is 16.1. The van der Waals surface area contributed by atoms with Gasteiger partial charge in [0, 0.05) is 42.8 Å². The highest BCUT2D eigenvalue weighted by Gasteiger charge is 2.28. The van der Waals surface area contributed by atoms with Crippen molar-refractivity contribution in [1.29, 1.82) is 0 Å². The van der Waals surface area contributed by atoms with Crippen LogP contribution in [0.1, 0.15) is 17.5 Å². The van der Waals surface area contributed by atoms with Crippen molar-refractivity contribution >= 4 is 26.5 Å². The maximum Gasteiger partial charge on any atom is 0.243 e. The molecule has 0 radical (unpaired) electrons. The lowest BCUT2D eigenvalue weighted by Gasteiger charge is -2.26. The van der Waals surface area contributed by atoms with Crippen molar-refractivity contribution in [3.8, 4) is 0 Å². The van der Waals surface area contributed by atoms with Crippen LogP contribution in [-0.2, 0) is 17.1 Å². The van der Waals surface area contributed by atoms with Crippen molar-refractivity contribution in [2.75, 3.05) is 13.1 Å². The second-order valence-electron chi connectivity index (χ2n) is 6.92. The predicted molar refractivity (Wildman–Crippen MR) is 105 cm³/mol. The fraction of sp³-hybridized carbons (Fsp3) is 0.238. The Bertz CT molecular complexity index is 1160. The van der Waals surface area contributed by atoms with Crippen molar-refractivity contribution < 1.29 is 12.8 Å². The van der Waals surface area contributed by atoms with Gasteiger partial charge in [-0.25, -0.2) is 12.8 Å². The molecule has 27 heavy (non-hydrogen) atoms. The summed E-state index contributed by atoms with van der Waals surface area (Å²) in [6, 6.07) is 12.0. The summed E-state index contributed by atoms with van der Waals surface area (Å²) < 4.78 is 42.8. The van der Waals surface area contributed by atoms with Crippen LogP contribution in [0.2, 0.25) is 0 Å². The fourth-order valence-electron chi connectivity index (χ4n) is 3.75. The molecule has 0 bridgehead atoms. The molecule has 4 nitrogen and oxygen atoms in total. The van der Waals surface area contributed by atoms with Crippen LogP contribution >= 0.6 is 0 Å². The molecule has 1 aromatic heterocycles. The van der Waals surface area contributed by atoms with E-state index in [1.807, 2.05) is 25.3 Å². The molecule has 0 saturated carbocycles. The third-order valence-corrected chi connectivity index (χ3v) is 7.19. The highest BCUT2D eigenvalue weighted by atomic mass is 32.2. The lowest BCUT2D eigenvalue weighted by Crippen LogP contribution is -2.35. The van der Waals surface area contributed by atoms with E-state index in [0.717, 1.165) is 16.7 Å². The summed E-state index contributed by atoms with van der Waals surface area (Å²) in [6.45, 7) is 2.35. The Kier molecular flexibility index (Phi) is 4.40. The molecule has 2 aromatic carbocycles.